The summed E-state index contributed by atoms with van der Waals surface area (Å²) in [5.74, 6) is 1.27. The Morgan fingerprint density at radius 1 is 1.50 bits per heavy atom. The summed E-state index contributed by atoms with van der Waals surface area (Å²) in [6.07, 6.45) is 2.32. The van der Waals surface area contributed by atoms with Crippen LogP contribution in [0.15, 0.2) is 16.2 Å². The highest BCUT2D eigenvalue weighted by Crippen LogP contribution is 2.22. The highest BCUT2D eigenvalue weighted by Gasteiger charge is 2.06. The van der Waals surface area contributed by atoms with Crippen molar-refractivity contribution in [3.8, 4) is 0 Å². The molecule has 0 fully saturated rings. The first-order chi connectivity index (χ1) is 8.69. The maximum Gasteiger partial charge on any atom is 0.306 e. The van der Waals surface area contributed by atoms with Crippen LogP contribution >= 0.6 is 23.5 Å². The SMILES string of the molecule is CCNc1cc(SCCC(=O)OC)nc(SC)n1. The van der Waals surface area contributed by atoms with Gasteiger partial charge in [0.1, 0.15) is 10.8 Å². The molecule has 0 amide bonds. The molecule has 0 atom stereocenters. The molecule has 0 aliphatic heterocycles. The molecule has 0 aliphatic rings. The summed E-state index contributed by atoms with van der Waals surface area (Å²) in [5, 5.41) is 4.76. The molecule has 5 nitrogen and oxygen atoms in total. The second kappa shape index (κ2) is 8.20. The molecule has 1 N–H and O–H groups in total. The van der Waals surface area contributed by atoms with Gasteiger partial charge < -0.3 is 10.1 Å². The minimum absolute atomic E-state index is 0.200. The predicted molar refractivity (Wildman–Crippen MR) is 75.3 cm³/mol. The van der Waals surface area contributed by atoms with Gasteiger partial charge in [-0.15, -0.1) is 11.8 Å². The first-order valence-corrected chi connectivity index (χ1v) is 7.77. The number of nitrogens with zero attached hydrogens (tertiary/aromatic N) is 2. The third-order valence-electron chi connectivity index (χ3n) is 2.01. The van der Waals surface area contributed by atoms with Crippen LogP contribution in [0.4, 0.5) is 5.82 Å². The topological polar surface area (TPSA) is 64.1 Å². The fourth-order valence-electron chi connectivity index (χ4n) is 1.18. The molecule has 1 aromatic heterocycles. The number of carbonyl (C=O) groups excluding carboxylic acids is 1. The van der Waals surface area contributed by atoms with Gasteiger partial charge in [-0.05, 0) is 13.2 Å². The number of ether oxygens (including phenoxy) is 1. The van der Waals surface area contributed by atoms with Gasteiger partial charge in [-0.2, -0.15) is 0 Å². The lowest BCUT2D eigenvalue weighted by Crippen LogP contribution is -2.03. The number of hydrogen-bond donors (Lipinski definition) is 1. The Morgan fingerprint density at radius 3 is 2.89 bits per heavy atom. The molecular weight excluding hydrogens is 270 g/mol. The van der Waals surface area contributed by atoms with Gasteiger partial charge in [-0.3, -0.25) is 4.79 Å². The van der Waals surface area contributed by atoms with E-state index in [-0.39, 0.29) is 5.97 Å². The maximum atomic E-state index is 11.0. The molecule has 0 radical (unpaired) electrons. The molecule has 0 aromatic carbocycles. The summed E-state index contributed by atoms with van der Waals surface area (Å²) in [6, 6.07) is 1.89. The fraction of sp³-hybridized carbons (Fsp3) is 0.545. The second-order valence-electron chi connectivity index (χ2n) is 3.28. The molecule has 0 bridgehead atoms. The second-order valence-corrected chi connectivity index (χ2v) is 5.17. The van der Waals surface area contributed by atoms with Crippen LogP contribution in [0.2, 0.25) is 0 Å². The van der Waals surface area contributed by atoms with Crippen LogP contribution in [0.3, 0.4) is 0 Å². The number of aromatic nitrogens is 2. The normalized spacial score (nSPS) is 10.2. The quantitative estimate of drug-likeness (QED) is 0.357. The molecule has 100 valence electrons. The Kier molecular flexibility index (Phi) is 6.89. The number of hydrogen-bond acceptors (Lipinski definition) is 7. The molecule has 0 unspecified atom stereocenters. The summed E-state index contributed by atoms with van der Waals surface area (Å²) < 4.78 is 4.59. The third kappa shape index (κ3) is 5.14. The minimum Gasteiger partial charge on any atom is -0.469 e. The molecule has 0 saturated heterocycles. The van der Waals surface area contributed by atoms with E-state index in [9.17, 15) is 4.79 Å². The fourth-order valence-corrected chi connectivity index (χ4v) is 2.44. The Bertz CT molecular complexity index is 402. The Hall–Kier alpha value is -0.950. The number of rotatable bonds is 7. The van der Waals surface area contributed by atoms with Crippen molar-refractivity contribution in [1.82, 2.24) is 9.97 Å². The zero-order chi connectivity index (χ0) is 13.4. The third-order valence-corrected chi connectivity index (χ3v) is 3.47. The van der Waals surface area contributed by atoms with Crippen LogP contribution in [0.5, 0.6) is 0 Å². The summed E-state index contributed by atoms with van der Waals surface area (Å²) in [4.78, 5) is 19.7. The number of methoxy groups -OCH3 is 1. The van der Waals surface area contributed by atoms with Gasteiger partial charge in [-0.1, -0.05) is 11.8 Å². The van der Waals surface area contributed by atoms with Crippen LogP contribution in [-0.4, -0.2) is 41.6 Å². The van der Waals surface area contributed by atoms with Gasteiger partial charge in [0.2, 0.25) is 0 Å². The van der Waals surface area contributed by atoms with Crippen molar-refractivity contribution in [1.29, 1.82) is 0 Å². The van der Waals surface area contributed by atoms with E-state index in [1.165, 1.54) is 30.6 Å². The average Bonchev–Trinajstić information content (AvgIpc) is 2.38. The standard InChI is InChI=1S/C11H17N3O2S2/c1-4-12-8-7-9(14-11(13-8)17-3)18-6-5-10(15)16-2/h7H,4-6H2,1-3H3,(H,12,13,14). The Labute approximate surface area is 115 Å². The molecule has 7 heteroatoms. The highest BCUT2D eigenvalue weighted by atomic mass is 32.2. The zero-order valence-electron chi connectivity index (χ0n) is 10.7. The van der Waals surface area contributed by atoms with Crippen molar-refractivity contribution in [2.75, 3.05) is 31.0 Å². The van der Waals surface area contributed by atoms with Crippen molar-refractivity contribution >= 4 is 35.3 Å². The van der Waals surface area contributed by atoms with Gasteiger partial charge in [0, 0.05) is 18.4 Å². The van der Waals surface area contributed by atoms with Crippen molar-refractivity contribution in [2.45, 2.75) is 23.5 Å². The molecular formula is C11H17N3O2S2. The molecule has 1 heterocycles. The maximum absolute atomic E-state index is 11.0. The lowest BCUT2D eigenvalue weighted by molar-refractivity contribution is -0.140. The van der Waals surface area contributed by atoms with Gasteiger partial charge in [0.05, 0.1) is 13.5 Å². The number of carbonyl (C=O) groups is 1. The van der Waals surface area contributed by atoms with E-state index in [1.54, 1.807) is 0 Å². The van der Waals surface area contributed by atoms with E-state index >= 15 is 0 Å². The van der Waals surface area contributed by atoms with Crippen LogP contribution in [0, 0.1) is 0 Å². The van der Waals surface area contributed by atoms with E-state index in [0.717, 1.165) is 22.5 Å². The van der Waals surface area contributed by atoms with Gasteiger partial charge in [0.15, 0.2) is 5.16 Å². The number of esters is 1. The summed E-state index contributed by atoms with van der Waals surface area (Å²) in [7, 11) is 1.40. The first-order valence-electron chi connectivity index (χ1n) is 5.56. The van der Waals surface area contributed by atoms with Gasteiger partial charge in [0.25, 0.3) is 0 Å². The molecule has 18 heavy (non-hydrogen) atoms. The average molecular weight is 287 g/mol. The van der Waals surface area contributed by atoms with E-state index in [2.05, 4.69) is 20.0 Å². The molecule has 0 spiro atoms. The molecule has 1 aromatic rings. The smallest absolute Gasteiger partial charge is 0.306 e. The Balaban J connectivity index is 2.63. The predicted octanol–water partition coefficient (Wildman–Crippen LogP) is 2.29. The number of nitrogens with one attached hydrogen (secondary N) is 1. The van der Waals surface area contributed by atoms with E-state index in [0.29, 0.717) is 12.2 Å². The molecule has 1 rings (SSSR count). The first kappa shape index (κ1) is 15.1. The van der Waals surface area contributed by atoms with Crippen molar-refractivity contribution in [3.05, 3.63) is 6.07 Å². The summed E-state index contributed by atoms with van der Waals surface area (Å²) in [5.41, 5.74) is 0. The van der Waals surface area contributed by atoms with Crippen LogP contribution < -0.4 is 5.32 Å². The monoisotopic (exact) mass is 287 g/mol. The van der Waals surface area contributed by atoms with Crippen molar-refractivity contribution in [3.63, 3.8) is 0 Å². The lowest BCUT2D eigenvalue weighted by atomic mass is 10.5. The van der Waals surface area contributed by atoms with Gasteiger partial charge in [-0.25, -0.2) is 9.97 Å². The van der Waals surface area contributed by atoms with E-state index in [4.69, 9.17) is 0 Å². The number of anilines is 1. The van der Waals surface area contributed by atoms with Crippen LogP contribution in [0.1, 0.15) is 13.3 Å². The molecule has 0 aliphatic carbocycles. The highest BCUT2D eigenvalue weighted by molar-refractivity contribution is 7.99. The Morgan fingerprint density at radius 2 is 2.28 bits per heavy atom. The summed E-state index contributed by atoms with van der Waals surface area (Å²) >= 11 is 3.03. The number of thioether (sulfide) groups is 2. The van der Waals surface area contributed by atoms with E-state index in [1.807, 2.05) is 19.2 Å². The van der Waals surface area contributed by atoms with Crippen molar-refractivity contribution in [2.24, 2.45) is 0 Å². The van der Waals surface area contributed by atoms with Crippen LogP contribution in [0.25, 0.3) is 0 Å². The van der Waals surface area contributed by atoms with Crippen LogP contribution in [-0.2, 0) is 9.53 Å². The van der Waals surface area contributed by atoms with E-state index < -0.39 is 0 Å². The summed E-state index contributed by atoms with van der Waals surface area (Å²) in [6.45, 7) is 2.84. The van der Waals surface area contributed by atoms with Gasteiger partial charge >= 0.3 is 5.97 Å². The molecule has 0 saturated carbocycles. The largest absolute Gasteiger partial charge is 0.469 e. The lowest BCUT2D eigenvalue weighted by Gasteiger charge is -2.07. The van der Waals surface area contributed by atoms with Crippen molar-refractivity contribution < 1.29 is 9.53 Å². The zero-order valence-corrected chi connectivity index (χ0v) is 12.4. The minimum atomic E-state index is -0.200.